The van der Waals surface area contributed by atoms with Crippen molar-refractivity contribution in [1.29, 1.82) is 0 Å². The molecule has 4 nitrogen and oxygen atoms in total. The third kappa shape index (κ3) is 3.85. The quantitative estimate of drug-likeness (QED) is 0.758. The molecule has 0 unspecified atom stereocenters. The van der Waals surface area contributed by atoms with Crippen LogP contribution < -0.4 is 0 Å². The summed E-state index contributed by atoms with van der Waals surface area (Å²) >= 11 is 3.17. The molecule has 1 aromatic rings. The van der Waals surface area contributed by atoms with Crippen molar-refractivity contribution in [1.82, 2.24) is 4.90 Å². The second-order valence-electron chi connectivity index (χ2n) is 4.35. The summed E-state index contributed by atoms with van der Waals surface area (Å²) in [6.45, 7) is 2.00. The van der Waals surface area contributed by atoms with Gasteiger partial charge in [-0.25, -0.2) is 0 Å². The van der Waals surface area contributed by atoms with Gasteiger partial charge in [0.05, 0.1) is 6.61 Å². The van der Waals surface area contributed by atoms with Crippen LogP contribution in [0.15, 0.2) is 21.2 Å². The summed E-state index contributed by atoms with van der Waals surface area (Å²) in [5.41, 5.74) is 0. The highest BCUT2D eigenvalue weighted by Gasteiger charge is 2.21. The van der Waals surface area contributed by atoms with Crippen molar-refractivity contribution in [2.24, 2.45) is 5.92 Å². The van der Waals surface area contributed by atoms with Gasteiger partial charge in [0.1, 0.15) is 0 Å². The lowest BCUT2D eigenvalue weighted by Crippen LogP contribution is -2.30. The Balaban J connectivity index is 1.70. The number of rotatable bonds is 6. The Morgan fingerprint density at radius 1 is 1.59 bits per heavy atom. The van der Waals surface area contributed by atoms with E-state index in [1.54, 1.807) is 24.1 Å². The van der Waals surface area contributed by atoms with Crippen LogP contribution in [-0.2, 0) is 4.74 Å². The van der Waals surface area contributed by atoms with Crippen molar-refractivity contribution in [3.63, 3.8) is 0 Å². The van der Waals surface area contributed by atoms with E-state index in [0.717, 1.165) is 12.5 Å². The zero-order chi connectivity index (χ0) is 12.3. The Morgan fingerprint density at radius 3 is 2.94 bits per heavy atom. The van der Waals surface area contributed by atoms with E-state index in [1.807, 2.05) is 0 Å². The minimum atomic E-state index is -0.120. The number of furan rings is 1. The maximum atomic E-state index is 11.9. The number of amides is 1. The van der Waals surface area contributed by atoms with Gasteiger partial charge in [-0.1, -0.05) is 0 Å². The Hall–Kier alpha value is -0.810. The van der Waals surface area contributed by atoms with Gasteiger partial charge in [0, 0.05) is 20.2 Å². The standard InChI is InChI=1S/C12H16BrNO3/c1-14(6-7-16-8-9-2-3-9)12(15)10-4-5-11(13)17-10/h4-5,9H,2-3,6-8H2,1H3. The molecule has 1 aliphatic rings. The van der Waals surface area contributed by atoms with E-state index in [4.69, 9.17) is 9.15 Å². The lowest BCUT2D eigenvalue weighted by Gasteiger charge is -2.15. The normalized spacial score (nSPS) is 14.9. The molecule has 1 amide bonds. The molecule has 1 aromatic heterocycles. The van der Waals surface area contributed by atoms with Gasteiger partial charge in [0.25, 0.3) is 5.91 Å². The molecular weight excluding hydrogens is 286 g/mol. The molecule has 1 aliphatic carbocycles. The first-order valence-corrected chi connectivity index (χ1v) is 6.54. The first-order valence-electron chi connectivity index (χ1n) is 5.75. The van der Waals surface area contributed by atoms with Gasteiger partial charge in [0.2, 0.25) is 0 Å². The molecule has 0 radical (unpaired) electrons. The minimum absolute atomic E-state index is 0.120. The first-order chi connectivity index (χ1) is 8.16. The summed E-state index contributed by atoms with van der Waals surface area (Å²) in [7, 11) is 1.75. The van der Waals surface area contributed by atoms with Gasteiger partial charge in [-0.3, -0.25) is 4.79 Å². The second kappa shape index (κ2) is 5.69. The van der Waals surface area contributed by atoms with Crippen molar-refractivity contribution in [2.75, 3.05) is 26.8 Å². The van der Waals surface area contributed by atoms with Crippen LogP contribution in [0.3, 0.4) is 0 Å². The van der Waals surface area contributed by atoms with Crippen LogP contribution in [0.2, 0.25) is 0 Å². The molecule has 1 saturated carbocycles. The molecule has 0 bridgehead atoms. The third-order valence-electron chi connectivity index (χ3n) is 2.75. The zero-order valence-electron chi connectivity index (χ0n) is 9.82. The molecule has 0 atom stereocenters. The number of carbonyl (C=O) groups is 1. The van der Waals surface area contributed by atoms with Gasteiger partial charge >= 0.3 is 0 Å². The third-order valence-corrected chi connectivity index (χ3v) is 3.18. The molecule has 2 rings (SSSR count). The van der Waals surface area contributed by atoms with Crippen molar-refractivity contribution in [3.05, 3.63) is 22.6 Å². The fourth-order valence-corrected chi connectivity index (χ4v) is 1.76. The van der Waals surface area contributed by atoms with Gasteiger partial charge in [-0.05, 0) is 46.8 Å². The topological polar surface area (TPSA) is 42.7 Å². The highest BCUT2D eigenvalue weighted by atomic mass is 79.9. The highest BCUT2D eigenvalue weighted by Crippen LogP contribution is 2.28. The van der Waals surface area contributed by atoms with E-state index in [0.29, 0.717) is 23.6 Å². The van der Waals surface area contributed by atoms with Crippen LogP contribution in [0.5, 0.6) is 0 Å². The molecule has 0 aliphatic heterocycles. The summed E-state index contributed by atoms with van der Waals surface area (Å²) in [4.78, 5) is 13.5. The SMILES string of the molecule is CN(CCOCC1CC1)C(=O)c1ccc(Br)o1. The minimum Gasteiger partial charge on any atom is -0.444 e. The average Bonchev–Trinajstić information content (AvgIpc) is 3.04. The number of likely N-dealkylation sites (N-methyl/N-ethyl adjacent to an activating group) is 1. The number of hydrogen-bond acceptors (Lipinski definition) is 3. The monoisotopic (exact) mass is 301 g/mol. The molecular formula is C12H16BrNO3. The van der Waals surface area contributed by atoms with Crippen molar-refractivity contribution >= 4 is 21.8 Å². The van der Waals surface area contributed by atoms with Crippen LogP contribution in [-0.4, -0.2) is 37.6 Å². The predicted molar refractivity (Wildman–Crippen MR) is 66.9 cm³/mol. The maximum Gasteiger partial charge on any atom is 0.289 e. The van der Waals surface area contributed by atoms with Crippen LogP contribution in [0.25, 0.3) is 0 Å². The number of carbonyl (C=O) groups excluding carboxylic acids is 1. The smallest absolute Gasteiger partial charge is 0.289 e. The van der Waals surface area contributed by atoms with Gasteiger partial charge in [-0.15, -0.1) is 0 Å². The summed E-state index contributed by atoms with van der Waals surface area (Å²) in [5.74, 6) is 0.990. The Morgan fingerprint density at radius 2 is 2.35 bits per heavy atom. The second-order valence-corrected chi connectivity index (χ2v) is 5.13. The lowest BCUT2D eigenvalue weighted by molar-refractivity contribution is 0.0653. The molecule has 94 valence electrons. The zero-order valence-corrected chi connectivity index (χ0v) is 11.4. The molecule has 0 spiro atoms. The van der Waals surface area contributed by atoms with Crippen LogP contribution >= 0.6 is 15.9 Å². The van der Waals surface area contributed by atoms with Gasteiger partial charge in [0.15, 0.2) is 10.4 Å². The molecule has 1 fully saturated rings. The van der Waals surface area contributed by atoms with Crippen molar-refractivity contribution < 1.29 is 13.9 Å². The summed E-state index contributed by atoms with van der Waals surface area (Å²) in [6.07, 6.45) is 2.57. The Labute approximate surface area is 109 Å². The molecule has 0 N–H and O–H groups in total. The van der Waals surface area contributed by atoms with E-state index < -0.39 is 0 Å². The summed E-state index contributed by atoms with van der Waals surface area (Å²) in [6, 6.07) is 3.37. The molecule has 5 heteroatoms. The van der Waals surface area contributed by atoms with Crippen LogP contribution in [0, 0.1) is 5.92 Å². The molecule has 1 heterocycles. The maximum absolute atomic E-state index is 11.9. The van der Waals surface area contributed by atoms with Gasteiger partial charge < -0.3 is 14.1 Å². The summed E-state index contributed by atoms with van der Waals surface area (Å²) in [5, 5.41) is 0. The van der Waals surface area contributed by atoms with Gasteiger partial charge in [-0.2, -0.15) is 0 Å². The van der Waals surface area contributed by atoms with E-state index in [2.05, 4.69) is 15.9 Å². The van der Waals surface area contributed by atoms with Crippen LogP contribution in [0.4, 0.5) is 0 Å². The first kappa shape index (κ1) is 12.6. The Kier molecular flexibility index (Phi) is 4.23. The number of nitrogens with zero attached hydrogens (tertiary/aromatic N) is 1. The number of halogens is 1. The largest absolute Gasteiger partial charge is 0.444 e. The fraction of sp³-hybridized carbons (Fsp3) is 0.583. The van der Waals surface area contributed by atoms with E-state index in [-0.39, 0.29) is 5.91 Å². The fourth-order valence-electron chi connectivity index (χ4n) is 1.45. The number of hydrogen-bond donors (Lipinski definition) is 0. The summed E-state index contributed by atoms with van der Waals surface area (Å²) < 4.78 is 11.3. The van der Waals surface area contributed by atoms with E-state index >= 15 is 0 Å². The Bertz CT molecular complexity index is 387. The van der Waals surface area contributed by atoms with E-state index in [9.17, 15) is 4.79 Å². The van der Waals surface area contributed by atoms with Crippen molar-refractivity contribution in [2.45, 2.75) is 12.8 Å². The highest BCUT2D eigenvalue weighted by molar-refractivity contribution is 9.10. The lowest BCUT2D eigenvalue weighted by atomic mass is 10.4. The predicted octanol–water partition coefficient (Wildman–Crippen LogP) is 2.54. The molecule has 0 saturated heterocycles. The van der Waals surface area contributed by atoms with Crippen LogP contribution in [0.1, 0.15) is 23.4 Å². The average molecular weight is 302 g/mol. The number of ether oxygens (including phenoxy) is 1. The molecule has 0 aromatic carbocycles. The van der Waals surface area contributed by atoms with E-state index in [1.165, 1.54) is 12.8 Å². The molecule has 17 heavy (non-hydrogen) atoms. The van der Waals surface area contributed by atoms with Crippen molar-refractivity contribution in [3.8, 4) is 0 Å².